The first-order chi connectivity index (χ1) is 7.08. The van der Waals surface area contributed by atoms with Crippen LogP contribution >= 0.6 is 0 Å². The molecule has 0 saturated heterocycles. The second-order valence-electron chi connectivity index (χ2n) is 4.21. The lowest BCUT2D eigenvalue weighted by atomic mass is 10.0. The lowest BCUT2D eigenvalue weighted by Gasteiger charge is -2.29. The maximum absolute atomic E-state index is 12.1. The molecule has 0 rings (SSSR count). The molecule has 15 heavy (non-hydrogen) atoms. The summed E-state index contributed by atoms with van der Waals surface area (Å²) in [7, 11) is 0. The Balaban J connectivity index is 4.24. The van der Waals surface area contributed by atoms with Crippen molar-refractivity contribution in [3.63, 3.8) is 0 Å². The highest BCUT2D eigenvalue weighted by Crippen LogP contribution is 2.13. The number of amides is 1. The second kappa shape index (κ2) is 7.69. The first kappa shape index (κ1) is 14.4. The van der Waals surface area contributed by atoms with Crippen LogP contribution in [0.25, 0.3) is 0 Å². The molecule has 0 aromatic heterocycles. The molecule has 0 spiro atoms. The van der Waals surface area contributed by atoms with E-state index in [1.807, 2.05) is 18.7 Å². The number of rotatable bonds is 7. The van der Waals surface area contributed by atoms with E-state index in [2.05, 4.69) is 13.8 Å². The van der Waals surface area contributed by atoms with Crippen molar-refractivity contribution in [1.82, 2.24) is 4.90 Å². The molecule has 0 heterocycles. The van der Waals surface area contributed by atoms with Gasteiger partial charge in [-0.15, -0.1) is 0 Å². The minimum absolute atomic E-state index is 0.113. The summed E-state index contributed by atoms with van der Waals surface area (Å²) in [6, 6.07) is 0.350. The van der Waals surface area contributed by atoms with Crippen LogP contribution < -0.4 is 5.73 Å². The Labute approximate surface area is 94.0 Å². The van der Waals surface area contributed by atoms with Gasteiger partial charge in [-0.3, -0.25) is 4.79 Å². The third kappa shape index (κ3) is 4.65. The first-order valence-corrected chi connectivity index (χ1v) is 6.08. The highest BCUT2D eigenvalue weighted by molar-refractivity contribution is 5.78. The third-order valence-electron chi connectivity index (χ3n) is 3.01. The summed E-state index contributed by atoms with van der Waals surface area (Å²) in [6.45, 7) is 9.75. The van der Waals surface area contributed by atoms with Gasteiger partial charge in [0, 0.05) is 18.5 Å². The van der Waals surface area contributed by atoms with Gasteiger partial charge in [0.15, 0.2) is 0 Å². The van der Waals surface area contributed by atoms with Gasteiger partial charge in [0.05, 0.1) is 0 Å². The molecule has 0 saturated carbocycles. The normalized spacial score (nSPS) is 14.7. The molecule has 3 heteroatoms. The minimum atomic E-state index is 0.113. The van der Waals surface area contributed by atoms with E-state index in [0.29, 0.717) is 12.6 Å². The van der Waals surface area contributed by atoms with Crippen LogP contribution in [-0.4, -0.2) is 29.9 Å². The van der Waals surface area contributed by atoms with E-state index in [9.17, 15) is 4.79 Å². The molecular weight excluding hydrogens is 188 g/mol. The molecule has 0 aromatic carbocycles. The molecule has 2 N–H and O–H groups in total. The molecule has 1 amide bonds. The molecule has 0 bridgehead atoms. The molecule has 3 nitrogen and oxygen atoms in total. The fraction of sp³-hybridized carbons (Fsp3) is 0.917. The number of nitrogens with zero attached hydrogens (tertiary/aromatic N) is 1. The highest BCUT2D eigenvalue weighted by Gasteiger charge is 2.21. The van der Waals surface area contributed by atoms with Crippen molar-refractivity contribution in [2.45, 2.75) is 53.0 Å². The largest absolute Gasteiger partial charge is 0.340 e. The van der Waals surface area contributed by atoms with Gasteiger partial charge in [-0.25, -0.2) is 0 Å². The number of carbonyl (C=O) groups is 1. The van der Waals surface area contributed by atoms with Gasteiger partial charge < -0.3 is 10.6 Å². The monoisotopic (exact) mass is 214 g/mol. The van der Waals surface area contributed by atoms with Crippen LogP contribution in [0.5, 0.6) is 0 Å². The van der Waals surface area contributed by atoms with E-state index in [4.69, 9.17) is 5.73 Å². The standard InChI is InChI=1S/C12H26N2O/c1-5-11(4)14(6-2)12(15)10(3)8-7-9-13/h10-11H,5-9,13H2,1-4H3. The van der Waals surface area contributed by atoms with Crippen molar-refractivity contribution >= 4 is 5.91 Å². The van der Waals surface area contributed by atoms with Crippen molar-refractivity contribution in [2.75, 3.05) is 13.1 Å². The first-order valence-electron chi connectivity index (χ1n) is 6.08. The van der Waals surface area contributed by atoms with E-state index in [-0.39, 0.29) is 11.8 Å². The molecule has 90 valence electrons. The quantitative estimate of drug-likeness (QED) is 0.704. The molecule has 0 aliphatic heterocycles. The maximum Gasteiger partial charge on any atom is 0.225 e. The molecule has 0 aromatic rings. The third-order valence-corrected chi connectivity index (χ3v) is 3.01. The smallest absolute Gasteiger partial charge is 0.225 e. The summed E-state index contributed by atoms with van der Waals surface area (Å²) in [5.41, 5.74) is 5.45. The topological polar surface area (TPSA) is 46.3 Å². The summed E-state index contributed by atoms with van der Waals surface area (Å²) in [5.74, 6) is 0.391. The van der Waals surface area contributed by atoms with Crippen LogP contribution in [0.1, 0.15) is 47.0 Å². The molecule has 0 aliphatic carbocycles. The summed E-state index contributed by atoms with van der Waals surface area (Å²) in [4.78, 5) is 14.0. The Bertz CT molecular complexity index is 182. The van der Waals surface area contributed by atoms with E-state index < -0.39 is 0 Å². The predicted molar refractivity (Wildman–Crippen MR) is 64.6 cm³/mol. The number of carbonyl (C=O) groups excluding carboxylic acids is 1. The van der Waals surface area contributed by atoms with Crippen LogP contribution in [0.4, 0.5) is 0 Å². The van der Waals surface area contributed by atoms with E-state index >= 15 is 0 Å². The van der Waals surface area contributed by atoms with Crippen LogP contribution in [-0.2, 0) is 4.79 Å². The summed E-state index contributed by atoms with van der Waals surface area (Å²) in [6.07, 6.45) is 2.86. The number of nitrogens with two attached hydrogens (primary N) is 1. The predicted octanol–water partition coefficient (Wildman–Crippen LogP) is 2.01. The Hall–Kier alpha value is -0.570. The molecule has 2 unspecified atom stereocenters. The Morgan fingerprint density at radius 1 is 1.33 bits per heavy atom. The Morgan fingerprint density at radius 3 is 2.33 bits per heavy atom. The Kier molecular flexibility index (Phi) is 7.39. The van der Waals surface area contributed by atoms with Crippen molar-refractivity contribution in [2.24, 2.45) is 11.7 Å². The zero-order chi connectivity index (χ0) is 11.8. The molecule has 2 atom stereocenters. The SMILES string of the molecule is CCC(C)N(CC)C(=O)C(C)CCCN. The van der Waals surface area contributed by atoms with Gasteiger partial charge >= 0.3 is 0 Å². The van der Waals surface area contributed by atoms with Crippen LogP contribution in [0, 0.1) is 5.92 Å². The zero-order valence-electron chi connectivity index (χ0n) is 10.6. The minimum Gasteiger partial charge on any atom is -0.340 e. The zero-order valence-corrected chi connectivity index (χ0v) is 10.6. The molecule has 0 aliphatic rings. The van der Waals surface area contributed by atoms with Gasteiger partial charge in [-0.2, -0.15) is 0 Å². The van der Waals surface area contributed by atoms with Gasteiger partial charge in [-0.05, 0) is 39.7 Å². The van der Waals surface area contributed by atoms with Gasteiger partial charge in [0.2, 0.25) is 5.91 Å². The Morgan fingerprint density at radius 2 is 1.93 bits per heavy atom. The van der Waals surface area contributed by atoms with Crippen molar-refractivity contribution in [3.05, 3.63) is 0 Å². The van der Waals surface area contributed by atoms with Gasteiger partial charge in [0.25, 0.3) is 0 Å². The van der Waals surface area contributed by atoms with E-state index in [1.54, 1.807) is 0 Å². The van der Waals surface area contributed by atoms with Crippen LogP contribution in [0.2, 0.25) is 0 Å². The average molecular weight is 214 g/mol. The van der Waals surface area contributed by atoms with Gasteiger partial charge in [0.1, 0.15) is 0 Å². The second-order valence-corrected chi connectivity index (χ2v) is 4.21. The van der Waals surface area contributed by atoms with Crippen LogP contribution in [0.15, 0.2) is 0 Å². The summed E-state index contributed by atoms with van der Waals surface area (Å²) in [5, 5.41) is 0. The fourth-order valence-corrected chi connectivity index (χ4v) is 1.74. The van der Waals surface area contributed by atoms with Crippen molar-refractivity contribution < 1.29 is 4.79 Å². The number of hydrogen-bond donors (Lipinski definition) is 1. The van der Waals surface area contributed by atoms with Crippen LogP contribution in [0.3, 0.4) is 0 Å². The lowest BCUT2D eigenvalue weighted by molar-refractivity contribution is -0.137. The molecular formula is C12H26N2O. The summed E-state index contributed by atoms with van der Waals surface area (Å²) < 4.78 is 0. The van der Waals surface area contributed by atoms with E-state index in [0.717, 1.165) is 25.8 Å². The summed E-state index contributed by atoms with van der Waals surface area (Å²) >= 11 is 0. The average Bonchev–Trinajstić information content (AvgIpc) is 2.26. The van der Waals surface area contributed by atoms with Gasteiger partial charge in [-0.1, -0.05) is 13.8 Å². The van der Waals surface area contributed by atoms with Crippen molar-refractivity contribution in [3.8, 4) is 0 Å². The van der Waals surface area contributed by atoms with E-state index in [1.165, 1.54) is 0 Å². The number of hydrogen-bond acceptors (Lipinski definition) is 2. The fourth-order valence-electron chi connectivity index (χ4n) is 1.74. The molecule has 0 fully saturated rings. The van der Waals surface area contributed by atoms with Crippen molar-refractivity contribution in [1.29, 1.82) is 0 Å². The highest BCUT2D eigenvalue weighted by atomic mass is 16.2. The molecule has 0 radical (unpaired) electrons. The lowest BCUT2D eigenvalue weighted by Crippen LogP contribution is -2.41. The maximum atomic E-state index is 12.1.